The predicted octanol–water partition coefficient (Wildman–Crippen LogP) is 3.88. The van der Waals surface area contributed by atoms with Gasteiger partial charge in [-0.15, -0.1) is 0 Å². The van der Waals surface area contributed by atoms with E-state index in [1.54, 1.807) is 0 Å². The molecule has 2 aliphatic rings. The van der Waals surface area contributed by atoms with E-state index in [9.17, 15) is 10.1 Å². The van der Waals surface area contributed by atoms with Crippen molar-refractivity contribution in [2.75, 3.05) is 0 Å². The van der Waals surface area contributed by atoms with Gasteiger partial charge in [-0.25, -0.2) is 0 Å². The maximum absolute atomic E-state index is 12.3. The summed E-state index contributed by atoms with van der Waals surface area (Å²) in [5, 5.41) is 9.19. The Balaban J connectivity index is 2.53. The third kappa shape index (κ3) is 1.81. The molecule has 0 aromatic heterocycles. The molecule has 1 fully saturated rings. The van der Waals surface area contributed by atoms with Crippen LogP contribution in [-0.4, -0.2) is 5.78 Å². The van der Waals surface area contributed by atoms with E-state index < -0.39 is 5.41 Å². The van der Waals surface area contributed by atoms with Crippen molar-refractivity contribution in [2.24, 2.45) is 22.2 Å². The zero-order valence-corrected chi connectivity index (χ0v) is 12.1. The maximum atomic E-state index is 12.3. The summed E-state index contributed by atoms with van der Waals surface area (Å²) < 4.78 is 0. The Morgan fingerprint density at radius 1 is 1.28 bits per heavy atom. The molecule has 0 radical (unpaired) electrons. The monoisotopic (exact) mass is 245 g/mol. The van der Waals surface area contributed by atoms with Crippen LogP contribution in [0.25, 0.3) is 0 Å². The Morgan fingerprint density at radius 2 is 1.89 bits per heavy atom. The second-order valence-corrected chi connectivity index (χ2v) is 7.66. The molecule has 0 bridgehead atoms. The van der Waals surface area contributed by atoms with Crippen molar-refractivity contribution < 1.29 is 4.79 Å². The Labute approximate surface area is 110 Å². The number of carbonyl (C=O) groups excluding carboxylic acids is 1. The van der Waals surface area contributed by atoms with E-state index in [0.717, 1.165) is 12.8 Å². The lowest BCUT2D eigenvalue weighted by Gasteiger charge is -2.54. The highest BCUT2D eigenvalue weighted by molar-refractivity contribution is 6.04. The maximum Gasteiger partial charge on any atom is 0.178 e. The number of nitrogens with zero attached hydrogens (tertiary/aromatic N) is 1. The van der Waals surface area contributed by atoms with Crippen LogP contribution in [-0.2, 0) is 4.79 Å². The van der Waals surface area contributed by atoms with Crippen LogP contribution in [0.5, 0.6) is 0 Å². The molecule has 0 N–H and O–H groups in total. The van der Waals surface area contributed by atoms with Crippen LogP contribution in [0.2, 0.25) is 0 Å². The van der Waals surface area contributed by atoms with Gasteiger partial charge in [0.25, 0.3) is 0 Å². The third-order valence-electron chi connectivity index (χ3n) is 5.06. The molecule has 0 aromatic carbocycles. The number of hydrogen-bond donors (Lipinski definition) is 0. The molecule has 0 amide bonds. The van der Waals surface area contributed by atoms with Crippen molar-refractivity contribution in [1.82, 2.24) is 0 Å². The first-order valence-corrected chi connectivity index (χ1v) is 6.80. The van der Waals surface area contributed by atoms with Gasteiger partial charge in [-0.05, 0) is 36.0 Å². The van der Waals surface area contributed by atoms with Gasteiger partial charge in [0.1, 0.15) is 6.07 Å². The summed E-state index contributed by atoms with van der Waals surface area (Å²) in [7, 11) is 0. The Kier molecular flexibility index (Phi) is 2.74. The molecule has 2 unspecified atom stereocenters. The molecule has 2 rings (SSSR count). The molecule has 0 aliphatic heterocycles. The average Bonchev–Trinajstić information content (AvgIpc) is 2.21. The van der Waals surface area contributed by atoms with Gasteiger partial charge in [-0.3, -0.25) is 4.79 Å². The van der Waals surface area contributed by atoms with Crippen molar-refractivity contribution in [3.05, 3.63) is 11.6 Å². The van der Waals surface area contributed by atoms with Crippen molar-refractivity contribution in [3.63, 3.8) is 0 Å². The van der Waals surface area contributed by atoms with Gasteiger partial charge in [0.15, 0.2) is 5.78 Å². The van der Waals surface area contributed by atoms with Gasteiger partial charge in [-0.2, -0.15) is 5.26 Å². The molecule has 1 saturated carbocycles. The zero-order chi connectivity index (χ0) is 13.8. The molecule has 0 spiro atoms. The topological polar surface area (TPSA) is 40.9 Å². The van der Waals surface area contributed by atoms with Gasteiger partial charge >= 0.3 is 0 Å². The molecule has 18 heavy (non-hydrogen) atoms. The largest absolute Gasteiger partial charge is 0.293 e. The lowest BCUT2D eigenvalue weighted by Crippen LogP contribution is -2.50. The van der Waals surface area contributed by atoms with Crippen LogP contribution in [0.4, 0.5) is 0 Å². The Bertz CT molecular complexity index is 464. The number of carbonyl (C=O) groups is 1. The van der Waals surface area contributed by atoms with Crippen LogP contribution < -0.4 is 0 Å². The number of allylic oxidation sites excluding steroid dienone is 2. The summed E-state index contributed by atoms with van der Waals surface area (Å²) >= 11 is 0. The first kappa shape index (κ1) is 13.3. The summed E-state index contributed by atoms with van der Waals surface area (Å²) in [5.41, 5.74) is 0.269. The van der Waals surface area contributed by atoms with E-state index in [2.05, 4.69) is 26.8 Å². The summed E-state index contributed by atoms with van der Waals surface area (Å²) in [6, 6.07) is 2.11. The standard InChI is InChI=1S/C16H23NO/c1-14(2)7-6-12-15(3,4)13(18)11(9-17)8-16(12,5)10-14/h8,12H,6-7,10H2,1-5H3. The van der Waals surface area contributed by atoms with E-state index in [1.807, 2.05) is 19.9 Å². The van der Waals surface area contributed by atoms with Crippen molar-refractivity contribution >= 4 is 5.78 Å². The van der Waals surface area contributed by atoms with Gasteiger partial charge in [0.2, 0.25) is 0 Å². The number of ketones is 1. The minimum atomic E-state index is -0.398. The Morgan fingerprint density at radius 3 is 2.44 bits per heavy atom. The molecular formula is C16H23NO. The SMILES string of the molecule is CC1(C)CCC2C(C)(C=C(C#N)C(=O)C2(C)C)C1. The highest BCUT2D eigenvalue weighted by Crippen LogP contribution is 2.59. The number of rotatable bonds is 0. The summed E-state index contributed by atoms with van der Waals surface area (Å²) in [4.78, 5) is 12.3. The molecule has 0 heterocycles. The smallest absolute Gasteiger partial charge is 0.178 e. The van der Waals surface area contributed by atoms with Crippen LogP contribution in [0.3, 0.4) is 0 Å². The highest BCUT2D eigenvalue weighted by atomic mass is 16.1. The molecule has 0 saturated heterocycles. The number of hydrogen-bond acceptors (Lipinski definition) is 2. The first-order valence-electron chi connectivity index (χ1n) is 6.80. The predicted molar refractivity (Wildman–Crippen MR) is 71.7 cm³/mol. The zero-order valence-electron chi connectivity index (χ0n) is 12.1. The lowest BCUT2D eigenvalue weighted by atomic mass is 9.49. The number of Topliss-reactive ketones (excluding diaryl/α,β-unsaturated/α-hetero) is 1. The van der Waals surface area contributed by atoms with Crippen molar-refractivity contribution in [3.8, 4) is 6.07 Å². The first-order chi connectivity index (χ1) is 8.12. The third-order valence-corrected chi connectivity index (χ3v) is 5.06. The molecule has 2 nitrogen and oxygen atoms in total. The number of nitriles is 1. The summed E-state index contributed by atoms with van der Waals surface area (Å²) in [6.07, 6.45) is 5.27. The highest BCUT2D eigenvalue weighted by Gasteiger charge is 2.54. The normalized spacial score (nSPS) is 37.4. The molecule has 2 aliphatic carbocycles. The van der Waals surface area contributed by atoms with Crippen LogP contribution in [0.1, 0.15) is 53.9 Å². The molecule has 2 atom stereocenters. The van der Waals surface area contributed by atoms with Gasteiger partial charge in [-0.1, -0.05) is 40.7 Å². The molecular weight excluding hydrogens is 222 g/mol. The van der Waals surface area contributed by atoms with Gasteiger partial charge < -0.3 is 0 Å². The molecule has 0 aromatic rings. The second-order valence-electron chi connectivity index (χ2n) is 7.66. The minimum Gasteiger partial charge on any atom is -0.293 e. The average molecular weight is 245 g/mol. The van der Waals surface area contributed by atoms with Crippen LogP contribution >= 0.6 is 0 Å². The molecule has 2 heteroatoms. The lowest BCUT2D eigenvalue weighted by molar-refractivity contribution is -0.132. The summed E-state index contributed by atoms with van der Waals surface area (Å²) in [5.74, 6) is 0.398. The number of fused-ring (bicyclic) bond motifs is 1. The quantitative estimate of drug-likeness (QED) is 0.650. The van der Waals surface area contributed by atoms with Crippen molar-refractivity contribution in [2.45, 2.75) is 53.9 Å². The fourth-order valence-electron chi connectivity index (χ4n) is 4.43. The fraction of sp³-hybridized carbons (Fsp3) is 0.750. The minimum absolute atomic E-state index is 0.00970. The van der Waals surface area contributed by atoms with E-state index >= 15 is 0 Å². The van der Waals surface area contributed by atoms with Gasteiger partial charge in [0.05, 0.1) is 5.57 Å². The fourth-order valence-corrected chi connectivity index (χ4v) is 4.43. The van der Waals surface area contributed by atoms with Gasteiger partial charge in [0, 0.05) is 5.41 Å². The van der Waals surface area contributed by atoms with Crippen LogP contribution in [0, 0.1) is 33.5 Å². The molecule has 98 valence electrons. The van der Waals surface area contributed by atoms with E-state index in [1.165, 1.54) is 6.42 Å². The van der Waals surface area contributed by atoms with Crippen molar-refractivity contribution in [1.29, 1.82) is 5.26 Å². The van der Waals surface area contributed by atoms with E-state index in [4.69, 9.17) is 0 Å². The Hall–Kier alpha value is -1.10. The van der Waals surface area contributed by atoms with E-state index in [-0.39, 0.29) is 11.2 Å². The van der Waals surface area contributed by atoms with Crippen LogP contribution in [0.15, 0.2) is 11.6 Å². The summed E-state index contributed by atoms with van der Waals surface area (Å²) in [6.45, 7) is 10.8. The van der Waals surface area contributed by atoms with E-state index in [0.29, 0.717) is 16.9 Å². The second kappa shape index (κ2) is 3.70.